The molecule has 0 aliphatic heterocycles. The summed E-state index contributed by atoms with van der Waals surface area (Å²) in [6.45, 7) is 0. The summed E-state index contributed by atoms with van der Waals surface area (Å²) < 4.78 is 0. The predicted molar refractivity (Wildman–Crippen MR) is 153 cm³/mol. The molecular formula is C30H26N8O2. The third-order valence-corrected chi connectivity index (χ3v) is 6.60. The highest BCUT2D eigenvalue weighted by atomic mass is 16.2. The summed E-state index contributed by atoms with van der Waals surface area (Å²) in [5.74, 6) is -0.283. The van der Waals surface area contributed by atoms with Gasteiger partial charge < -0.3 is 20.6 Å². The summed E-state index contributed by atoms with van der Waals surface area (Å²) in [7, 11) is 1.58. The fourth-order valence-corrected chi connectivity index (χ4v) is 4.21. The molecule has 6 aromatic rings. The first-order valence-electron chi connectivity index (χ1n) is 12.9. The smallest absolute Gasteiger partial charge is 0.270 e. The molecule has 1 saturated carbocycles. The first-order chi connectivity index (χ1) is 19.6. The number of carbonyl (C=O) groups is 2. The number of hydrogen-bond acceptors (Lipinski definition) is 6. The number of amides is 2. The van der Waals surface area contributed by atoms with Crippen LogP contribution in [-0.4, -0.2) is 54.8 Å². The summed E-state index contributed by atoms with van der Waals surface area (Å²) in [6, 6.07) is 15.6. The highest BCUT2D eigenvalue weighted by Crippen LogP contribution is 2.23. The zero-order valence-electron chi connectivity index (χ0n) is 21.7. The second-order valence-electron chi connectivity index (χ2n) is 9.47. The number of aromatic amines is 2. The number of hydrogen-bond donors (Lipinski definition) is 4. The second kappa shape index (κ2) is 10.8. The van der Waals surface area contributed by atoms with Crippen molar-refractivity contribution in [3.05, 3.63) is 97.1 Å². The Morgan fingerprint density at radius 2 is 1.18 bits per heavy atom. The van der Waals surface area contributed by atoms with E-state index in [-0.39, 0.29) is 11.8 Å². The van der Waals surface area contributed by atoms with Crippen molar-refractivity contribution < 1.29 is 9.59 Å². The molecule has 1 fully saturated rings. The van der Waals surface area contributed by atoms with Crippen LogP contribution >= 0.6 is 0 Å². The summed E-state index contributed by atoms with van der Waals surface area (Å²) in [5, 5.41) is 7.58. The second-order valence-corrected chi connectivity index (χ2v) is 9.47. The minimum atomic E-state index is -0.189. The van der Waals surface area contributed by atoms with E-state index in [1.54, 1.807) is 44.0 Å². The number of carbonyl (C=O) groups excluding carboxylic acids is 2. The summed E-state index contributed by atoms with van der Waals surface area (Å²) >= 11 is 0. The van der Waals surface area contributed by atoms with E-state index in [0.717, 1.165) is 57.2 Å². The maximum absolute atomic E-state index is 11.9. The van der Waals surface area contributed by atoms with Crippen LogP contribution in [0.15, 0.2) is 85.7 Å². The number of rotatable bonds is 5. The Bertz CT molecular complexity index is 1800. The van der Waals surface area contributed by atoms with Crippen molar-refractivity contribution in [1.29, 1.82) is 0 Å². The Labute approximate surface area is 229 Å². The Kier molecular flexibility index (Phi) is 6.72. The van der Waals surface area contributed by atoms with E-state index >= 15 is 0 Å². The maximum Gasteiger partial charge on any atom is 0.270 e. The average molecular weight is 531 g/mol. The van der Waals surface area contributed by atoms with Crippen molar-refractivity contribution in [3.8, 4) is 22.3 Å². The lowest BCUT2D eigenvalue weighted by Gasteiger charge is -2.04. The van der Waals surface area contributed by atoms with Crippen molar-refractivity contribution in [3.63, 3.8) is 0 Å². The van der Waals surface area contributed by atoms with Gasteiger partial charge in [0.25, 0.3) is 11.8 Å². The van der Waals surface area contributed by atoms with Gasteiger partial charge in [0.2, 0.25) is 0 Å². The fraction of sp³-hybridized carbons (Fsp3) is 0.133. The summed E-state index contributed by atoms with van der Waals surface area (Å²) in [6.07, 6.45) is 12.9. The lowest BCUT2D eigenvalue weighted by molar-refractivity contribution is 0.0942. The van der Waals surface area contributed by atoms with Crippen molar-refractivity contribution in [2.45, 2.75) is 18.9 Å². The Balaban J connectivity index is 0.000000145. The van der Waals surface area contributed by atoms with Gasteiger partial charge in [-0.2, -0.15) is 0 Å². The third kappa shape index (κ3) is 5.41. The van der Waals surface area contributed by atoms with Gasteiger partial charge in [0, 0.05) is 83.3 Å². The fourth-order valence-electron chi connectivity index (χ4n) is 4.21. The molecule has 198 valence electrons. The van der Waals surface area contributed by atoms with Gasteiger partial charge in [-0.15, -0.1) is 0 Å². The molecule has 10 heteroatoms. The third-order valence-electron chi connectivity index (χ3n) is 6.60. The molecule has 7 rings (SSSR count). The minimum absolute atomic E-state index is 0.0942. The van der Waals surface area contributed by atoms with Gasteiger partial charge in [-0.25, -0.2) is 9.97 Å². The standard InChI is InChI=1S/C16H14N4O.C14H12N4O/c21-16(20-13-2-3-13)14-4-1-11(8-18-14)12-7-10-5-6-17-15(10)19-9-12;1-15-14(19)12-3-2-10(7-17-12)11-6-9-4-5-16-13(9)18-8-11/h1,4-9,13H,2-3H2,(H,17,19)(H,20,21);2-8H,1H3,(H,15,19)(H,16,18). The van der Waals surface area contributed by atoms with Crippen LogP contribution in [-0.2, 0) is 0 Å². The molecule has 0 bridgehead atoms. The van der Waals surface area contributed by atoms with Crippen LogP contribution in [0.25, 0.3) is 44.3 Å². The van der Waals surface area contributed by atoms with Crippen molar-refractivity contribution in [1.82, 2.24) is 40.5 Å². The van der Waals surface area contributed by atoms with Gasteiger partial charge in [0.15, 0.2) is 0 Å². The Hall–Kier alpha value is -5.38. The molecule has 0 spiro atoms. The van der Waals surface area contributed by atoms with E-state index < -0.39 is 0 Å². The normalized spacial score (nSPS) is 12.5. The lowest BCUT2D eigenvalue weighted by atomic mass is 10.1. The number of H-pyrrole nitrogens is 2. The molecule has 6 heterocycles. The van der Waals surface area contributed by atoms with Crippen LogP contribution in [0.3, 0.4) is 0 Å². The molecule has 1 aliphatic carbocycles. The Morgan fingerprint density at radius 1 is 0.675 bits per heavy atom. The van der Waals surface area contributed by atoms with Crippen LogP contribution in [0, 0.1) is 0 Å². The minimum Gasteiger partial charge on any atom is -0.354 e. The molecule has 0 radical (unpaired) electrons. The van der Waals surface area contributed by atoms with Crippen LogP contribution in [0.5, 0.6) is 0 Å². The predicted octanol–water partition coefficient (Wildman–Crippen LogP) is 4.50. The number of aromatic nitrogens is 6. The first-order valence-corrected chi connectivity index (χ1v) is 12.9. The van der Waals surface area contributed by atoms with Crippen LogP contribution in [0.2, 0.25) is 0 Å². The molecule has 1 aliphatic rings. The SMILES string of the molecule is CNC(=O)c1ccc(-c2cnc3[nH]ccc3c2)cn1.O=C(NC1CC1)c1ccc(-c2cnc3[nH]ccc3c2)cn1. The molecule has 40 heavy (non-hydrogen) atoms. The van der Waals surface area contributed by atoms with Gasteiger partial charge in [-0.05, 0) is 49.2 Å². The van der Waals surface area contributed by atoms with E-state index in [1.807, 2.05) is 42.7 Å². The number of pyridine rings is 4. The summed E-state index contributed by atoms with van der Waals surface area (Å²) in [5.41, 5.74) is 6.44. The molecule has 2 amide bonds. The van der Waals surface area contributed by atoms with Crippen LogP contribution < -0.4 is 10.6 Å². The zero-order chi connectivity index (χ0) is 27.5. The highest BCUT2D eigenvalue weighted by Gasteiger charge is 2.24. The molecule has 0 saturated heterocycles. The lowest BCUT2D eigenvalue weighted by Crippen LogP contribution is -2.26. The van der Waals surface area contributed by atoms with Crippen LogP contribution in [0.4, 0.5) is 0 Å². The molecule has 0 unspecified atom stereocenters. The highest BCUT2D eigenvalue weighted by molar-refractivity contribution is 5.93. The molecule has 0 atom stereocenters. The number of fused-ring (bicyclic) bond motifs is 2. The van der Waals surface area contributed by atoms with Crippen molar-refractivity contribution in [2.24, 2.45) is 0 Å². The Morgan fingerprint density at radius 3 is 1.62 bits per heavy atom. The van der Waals surface area contributed by atoms with E-state index in [9.17, 15) is 9.59 Å². The maximum atomic E-state index is 11.9. The van der Waals surface area contributed by atoms with Crippen LogP contribution in [0.1, 0.15) is 33.8 Å². The first kappa shape index (κ1) is 24.9. The monoisotopic (exact) mass is 530 g/mol. The van der Waals surface area contributed by atoms with Gasteiger partial charge in [-0.3, -0.25) is 19.6 Å². The van der Waals surface area contributed by atoms with E-state index in [4.69, 9.17) is 0 Å². The van der Waals surface area contributed by atoms with Gasteiger partial charge in [0.1, 0.15) is 22.7 Å². The van der Waals surface area contributed by atoms with Gasteiger partial charge in [0.05, 0.1) is 0 Å². The molecule has 4 N–H and O–H groups in total. The molecular weight excluding hydrogens is 504 g/mol. The molecule has 10 nitrogen and oxygen atoms in total. The molecule has 0 aromatic carbocycles. The van der Waals surface area contributed by atoms with Gasteiger partial charge in [-0.1, -0.05) is 12.1 Å². The number of nitrogens with zero attached hydrogens (tertiary/aromatic N) is 4. The topological polar surface area (TPSA) is 141 Å². The van der Waals surface area contributed by atoms with Crippen molar-refractivity contribution in [2.75, 3.05) is 7.05 Å². The average Bonchev–Trinajstić information content (AvgIpc) is 3.48. The van der Waals surface area contributed by atoms with E-state index in [0.29, 0.717) is 17.4 Å². The molecule has 6 aromatic heterocycles. The quantitative estimate of drug-likeness (QED) is 0.259. The summed E-state index contributed by atoms with van der Waals surface area (Å²) in [4.78, 5) is 46.5. The van der Waals surface area contributed by atoms with E-state index in [1.165, 1.54) is 0 Å². The van der Waals surface area contributed by atoms with E-state index in [2.05, 4.69) is 46.6 Å². The zero-order valence-corrected chi connectivity index (χ0v) is 21.7. The van der Waals surface area contributed by atoms with Crippen molar-refractivity contribution >= 4 is 33.9 Å². The number of nitrogens with one attached hydrogen (secondary N) is 4. The largest absolute Gasteiger partial charge is 0.354 e. The van der Waals surface area contributed by atoms with Gasteiger partial charge >= 0.3 is 0 Å².